The van der Waals surface area contributed by atoms with Crippen LogP contribution in [-0.2, 0) is 4.74 Å². The first kappa shape index (κ1) is 19.9. The van der Waals surface area contributed by atoms with E-state index in [1.165, 1.54) is 13.3 Å². The molecule has 1 aromatic heterocycles. The first-order chi connectivity index (χ1) is 14.1. The fraction of sp³-hybridized carbons (Fsp3) is 0.136. The fourth-order valence-electron chi connectivity index (χ4n) is 2.62. The van der Waals surface area contributed by atoms with E-state index in [-0.39, 0.29) is 5.91 Å². The molecule has 0 aliphatic carbocycles. The van der Waals surface area contributed by atoms with E-state index < -0.39 is 5.97 Å². The van der Waals surface area contributed by atoms with Crippen LogP contribution in [-0.4, -0.2) is 30.6 Å². The molecule has 3 aromatic rings. The molecule has 29 heavy (non-hydrogen) atoms. The number of esters is 1. The van der Waals surface area contributed by atoms with Crippen LogP contribution in [0.4, 0.5) is 17.2 Å². The van der Waals surface area contributed by atoms with E-state index in [1.54, 1.807) is 60.7 Å². The summed E-state index contributed by atoms with van der Waals surface area (Å²) < 4.78 is 10.2. The Kier molecular flexibility index (Phi) is 6.42. The van der Waals surface area contributed by atoms with E-state index in [4.69, 9.17) is 9.47 Å². The zero-order chi connectivity index (χ0) is 20.6. The highest BCUT2D eigenvalue weighted by Gasteiger charge is 2.12. The summed E-state index contributed by atoms with van der Waals surface area (Å²) in [7, 11) is 1.33. The lowest BCUT2D eigenvalue weighted by molar-refractivity contribution is 0.0601. The van der Waals surface area contributed by atoms with Gasteiger partial charge >= 0.3 is 5.97 Å². The van der Waals surface area contributed by atoms with Gasteiger partial charge in [-0.1, -0.05) is 12.1 Å². The number of nitrogens with zero attached hydrogens (tertiary/aromatic N) is 1. The summed E-state index contributed by atoms with van der Waals surface area (Å²) in [5.41, 5.74) is 2.03. The molecule has 0 unspecified atom stereocenters. The number of pyridine rings is 1. The minimum absolute atomic E-state index is 0.275. The molecule has 0 saturated carbocycles. The average molecular weight is 391 g/mol. The van der Waals surface area contributed by atoms with Gasteiger partial charge in [-0.3, -0.25) is 4.79 Å². The molecule has 0 atom stereocenters. The predicted molar refractivity (Wildman–Crippen MR) is 111 cm³/mol. The molecule has 0 bridgehead atoms. The van der Waals surface area contributed by atoms with Crippen molar-refractivity contribution in [1.82, 2.24) is 4.98 Å². The van der Waals surface area contributed by atoms with Crippen molar-refractivity contribution >= 4 is 29.1 Å². The van der Waals surface area contributed by atoms with Crippen LogP contribution in [0, 0.1) is 0 Å². The molecule has 7 nitrogen and oxygen atoms in total. The van der Waals surface area contributed by atoms with Crippen LogP contribution in [0.15, 0.2) is 66.9 Å². The number of carbonyl (C=O) groups excluding carboxylic acids is 2. The zero-order valence-corrected chi connectivity index (χ0v) is 16.1. The lowest BCUT2D eigenvalue weighted by Crippen LogP contribution is -2.12. The summed E-state index contributed by atoms with van der Waals surface area (Å²) in [4.78, 5) is 28.5. The largest absolute Gasteiger partial charge is 0.494 e. The number of nitrogens with one attached hydrogen (secondary N) is 2. The van der Waals surface area contributed by atoms with Crippen molar-refractivity contribution in [3.05, 3.63) is 78.0 Å². The molecule has 0 saturated heterocycles. The lowest BCUT2D eigenvalue weighted by atomic mass is 10.1. The minimum Gasteiger partial charge on any atom is -0.494 e. The maximum atomic E-state index is 12.4. The molecule has 148 valence electrons. The number of methoxy groups -OCH3 is 1. The minimum atomic E-state index is -0.445. The van der Waals surface area contributed by atoms with E-state index in [1.807, 2.05) is 6.92 Å². The third-order valence-corrected chi connectivity index (χ3v) is 4.04. The second-order valence-electron chi connectivity index (χ2n) is 6.01. The number of hydrogen-bond donors (Lipinski definition) is 2. The normalized spacial score (nSPS) is 10.1. The number of aromatic nitrogens is 1. The molecule has 2 N–H and O–H groups in total. The first-order valence-electron chi connectivity index (χ1n) is 9.05. The van der Waals surface area contributed by atoms with Crippen molar-refractivity contribution in [3.63, 3.8) is 0 Å². The molecular weight excluding hydrogens is 370 g/mol. The highest BCUT2D eigenvalue weighted by Crippen LogP contribution is 2.21. The third-order valence-electron chi connectivity index (χ3n) is 4.04. The van der Waals surface area contributed by atoms with E-state index in [0.29, 0.717) is 34.9 Å². The Balaban J connectivity index is 1.67. The van der Waals surface area contributed by atoms with Crippen molar-refractivity contribution in [1.29, 1.82) is 0 Å². The fourth-order valence-corrected chi connectivity index (χ4v) is 2.62. The molecular formula is C22H21N3O4. The van der Waals surface area contributed by atoms with Crippen molar-refractivity contribution in [2.24, 2.45) is 0 Å². The van der Waals surface area contributed by atoms with Crippen LogP contribution >= 0.6 is 0 Å². The van der Waals surface area contributed by atoms with E-state index in [2.05, 4.69) is 15.6 Å². The van der Waals surface area contributed by atoms with Gasteiger partial charge in [-0.05, 0) is 55.5 Å². The van der Waals surface area contributed by atoms with Crippen molar-refractivity contribution < 1.29 is 19.1 Å². The highest BCUT2D eigenvalue weighted by molar-refractivity contribution is 6.04. The molecule has 0 aliphatic rings. The Morgan fingerprint density at radius 3 is 2.41 bits per heavy atom. The van der Waals surface area contributed by atoms with Gasteiger partial charge in [0.1, 0.15) is 11.6 Å². The summed E-state index contributed by atoms with van der Waals surface area (Å²) >= 11 is 0. The number of para-hydroxylation sites is 1. The molecule has 0 radical (unpaired) electrons. The molecule has 1 amide bonds. The Labute approximate surface area is 168 Å². The lowest BCUT2D eigenvalue weighted by Gasteiger charge is -2.11. The summed E-state index contributed by atoms with van der Waals surface area (Å²) in [5, 5.41) is 5.88. The Hall–Kier alpha value is -3.87. The monoisotopic (exact) mass is 391 g/mol. The highest BCUT2D eigenvalue weighted by atomic mass is 16.5. The first-order valence-corrected chi connectivity index (χ1v) is 9.05. The topological polar surface area (TPSA) is 89.6 Å². The van der Waals surface area contributed by atoms with Gasteiger partial charge in [-0.25, -0.2) is 9.78 Å². The maximum Gasteiger partial charge on any atom is 0.339 e. The van der Waals surface area contributed by atoms with Gasteiger partial charge in [0.15, 0.2) is 0 Å². The number of rotatable bonds is 7. The summed E-state index contributed by atoms with van der Waals surface area (Å²) in [6, 6.07) is 17.4. The van der Waals surface area contributed by atoms with Crippen LogP contribution in [0.5, 0.6) is 5.75 Å². The predicted octanol–water partition coefficient (Wildman–Crippen LogP) is 4.26. The smallest absolute Gasteiger partial charge is 0.339 e. The van der Waals surface area contributed by atoms with Gasteiger partial charge in [0.05, 0.1) is 30.5 Å². The molecule has 0 spiro atoms. The maximum absolute atomic E-state index is 12.4. The Bertz CT molecular complexity index is 986. The Morgan fingerprint density at radius 2 is 1.76 bits per heavy atom. The SMILES string of the molecule is CCOc1ccc(NC(=O)c2ccc(Nc3ccccc3C(=O)OC)nc2)cc1. The third kappa shape index (κ3) is 5.10. The summed E-state index contributed by atoms with van der Waals surface area (Å²) in [5.74, 6) is 0.524. The van der Waals surface area contributed by atoms with Crippen LogP contribution in [0.25, 0.3) is 0 Å². The van der Waals surface area contributed by atoms with Gasteiger partial charge < -0.3 is 20.1 Å². The number of ether oxygens (including phenoxy) is 2. The van der Waals surface area contributed by atoms with E-state index >= 15 is 0 Å². The number of amides is 1. The zero-order valence-electron chi connectivity index (χ0n) is 16.1. The van der Waals surface area contributed by atoms with Gasteiger partial charge in [0.2, 0.25) is 0 Å². The molecule has 1 heterocycles. The van der Waals surface area contributed by atoms with Crippen molar-refractivity contribution in [2.45, 2.75) is 6.92 Å². The number of carbonyl (C=O) groups is 2. The van der Waals surface area contributed by atoms with Gasteiger partial charge in [-0.2, -0.15) is 0 Å². The number of benzene rings is 2. The average Bonchev–Trinajstić information content (AvgIpc) is 2.75. The molecule has 7 heteroatoms. The summed E-state index contributed by atoms with van der Waals surface area (Å²) in [6.07, 6.45) is 1.47. The van der Waals surface area contributed by atoms with Crippen LogP contribution in [0.1, 0.15) is 27.6 Å². The van der Waals surface area contributed by atoms with E-state index in [9.17, 15) is 9.59 Å². The standard InChI is InChI=1S/C22H21N3O4/c1-3-29-17-11-9-16(10-12-17)24-21(26)15-8-13-20(23-14-15)25-19-7-5-4-6-18(19)22(27)28-2/h4-14H,3H2,1-2H3,(H,23,25)(H,24,26). The van der Waals surface area contributed by atoms with Crippen LogP contribution in [0.3, 0.4) is 0 Å². The number of anilines is 3. The Morgan fingerprint density at radius 1 is 1.00 bits per heavy atom. The summed E-state index contributed by atoms with van der Waals surface area (Å²) in [6.45, 7) is 2.50. The molecule has 0 fully saturated rings. The van der Waals surface area contributed by atoms with Crippen molar-refractivity contribution in [3.8, 4) is 5.75 Å². The quantitative estimate of drug-likeness (QED) is 0.585. The second-order valence-corrected chi connectivity index (χ2v) is 6.01. The van der Waals surface area contributed by atoms with Gasteiger partial charge in [0.25, 0.3) is 5.91 Å². The number of hydrogen-bond acceptors (Lipinski definition) is 6. The molecule has 0 aliphatic heterocycles. The van der Waals surface area contributed by atoms with Gasteiger partial charge in [0, 0.05) is 11.9 Å². The van der Waals surface area contributed by atoms with Crippen molar-refractivity contribution in [2.75, 3.05) is 24.4 Å². The van der Waals surface area contributed by atoms with E-state index in [0.717, 1.165) is 5.75 Å². The molecule has 3 rings (SSSR count). The van der Waals surface area contributed by atoms with Gasteiger partial charge in [-0.15, -0.1) is 0 Å². The second kappa shape index (κ2) is 9.36. The van der Waals surface area contributed by atoms with Crippen LogP contribution < -0.4 is 15.4 Å². The van der Waals surface area contributed by atoms with Crippen LogP contribution in [0.2, 0.25) is 0 Å². The molecule has 2 aromatic carbocycles.